The van der Waals surface area contributed by atoms with Crippen LogP contribution >= 0.6 is 0 Å². The number of fused-ring (bicyclic) bond motifs is 1. The second-order valence-corrected chi connectivity index (χ2v) is 4.97. The summed E-state index contributed by atoms with van der Waals surface area (Å²) >= 11 is 0. The quantitative estimate of drug-likeness (QED) is 0.707. The van der Waals surface area contributed by atoms with Gasteiger partial charge in [0.2, 0.25) is 5.95 Å². The van der Waals surface area contributed by atoms with Gasteiger partial charge in [-0.15, -0.1) is 0 Å². The van der Waals surface area contributed by atoms with Crippen LogP contribution in [-0.2, 0) is 19.5 Å². The molecule has 0 unspecified atom stereocenters. The van der Waals surface area contributed by atoms with Crippen molar-refractivity contribution in [1.82, 2.24) is 14.9 Å². The van der Waals surface area contributed by atoms with E-state index in [-0.39, 0.29) is 11.5 Å². The number of hydrogen-bond acceptors (Lipinski definition) is 6. The molecule has 2 aromatic rings. The van der Waals surface area contributed by atoms with Crippen molar-refractivity contribution in [2.75, 3.05) is 12.3 Å². The predicted molar refractivity (Wildman–Crippen MR) is 74.0 cm³/mol. The van der Waals surface area contributed by atoms with Gasteiger partial charge in [-0.25, -0.2) is 9.97 Å². The highest BCUT2D eigenvalue weighted by Crippen LogP contribution is 2.26. The normalized spacial score (nSPS) is 15.0. The highest BCUT2D eigenvalue weighted by molar-refractivity contribution is 5.38. The first kappa shape index (κ1) is 12.7. The maximum absolute atomic E-state index is 9.82. The van der Waals surface area contributed by atoms with Crippen LogP contribution < -0.4 is 5.73 Å². The first-order chi connectivity index (χ1) is 9.61. The summed E-state index contributed by atoms with van der Waals surface area (Å²) in [6, 6.07) is 4.57. The monoisotopic (exact) mass is 272 g/mol. The molecular weight excluding hydrogens is 256 g/mol. The molecule has 2 heterocycles. The first-order valence-electron chi connectivity index (χ1n) is 6.45. The lowest BCUT2D eigenvalue weighted by atomic mass is 10.1. The fraction of sp³-hybridized carbons (Fsp3) is 0.286. The Bertz CT molecular complexity index is 645. The molecule has 0 atom stereocenters. The van der Waals surface area contributed by atoms with Gasteiger partial charge < -0.3 is 15.9 Å². The van der Waals surface area contributed by atoms with E-state index < -0.39 is 0 Å². The summed E-state index contributed by atoms with van der Waals surface area (Å²) in [5.74, 6) is 0.663. The second-order valence-electron chi connectivity index (χ2n) is 4.97. The largest absolute Gasteiger partial charge is 0.508 e. The molecule has 0 fully saturated rings. The summed E-state index contributed by atoms with van der Waals surface area (Å²) in [4.78, 5) is 10.4. The molecule has 1 aliphatic heterocycles. The summed E-state index contributed by atoms with van der Waals surface area (Å²) in [7, 11) is 0. The molecule has 1 aliphatic rings. The van der Waals surface area contributed by atoms with E-state index in [0.717, 1.165) is 24.2 Å². The molecule has 0 amide bonds. The predicted octanol–water partition coefficient (Wildman–Crippen LogP) is 1.03. The van der Waals surface area contributed by atoms with Crippen molar-refractivity contribution in [3.05, 3.63) is 41.2 Å². The van der Waals surface area contributed by atoms with E-state index >= 15 is 0 Å². The van der Waals surface area contributed by atoms with Gasteiger partial charge in [-0.1, -0.05) is 0 Å². The summed E-state index contributed by atoms with van der Waals surface area (Å²) in [6.45, 7) is 2.12. The molecule has 0 saturated carbocycles. The maximum atomic E-state index is 9.82. The van der Waals surface area contributed by atoms with Gasteiger partial charge in [0, 0.05) is 43.4 Å². The standard InChI is InChI=1S/C14H16N4O2/c15-14-16-6-10-8-18(4-3-12(10)17-14)7-9-5-11(19)1-2-13(9)20/h1-2,5-6,19-20H,3-4,7-8H2,(H2,15,16,17). The summed E-state index contributed by atoms with van der Waals surface area (Å²) in [6.07, 6.45) is 2.56. The van der Waals surface area contributed by atoms with E-state index in [1.165, 1.54) is 12.1 Å². The Balaban J connectivity index is 1.77. The molecule has 104 valence electrons. The van der Waals surface area contributed by atoms with Crippen molar-refractivity contribution in [1.29, 1.82) is 0 Å². The van der Waals surface area contributed by atoms with Crippen molar-refractivity contribution in [3.8, 4) is 11.5 Å². The average molecular weight is 272 g/mol. The fourth-order valence-electron chi connectivity index (χ4n) is 2.46. The molecule has 1 aromatic heterocycles. The second kappa shape index (κ2) is 4.97. The van der Waals surface area contributed by atoms with Gasteiger partial charge in [-0.05, 0) is 18.2 Å². The van der Waals surface area contributed by atoms with Crippen LogP contribution in [0.3, 0.4) is 0 Å². The van der Waals surface area contributed by atoms with Crippen LogP contribution in [0.5, 0.6) is 11.5 Å². The molecule has 3 rings (SSSR count). The number of nitrogens with zero attached hydrogens (tertiary/aromatic N) is 3. The zero-order chi connectivity index (χ0) is 14.1. The Morgan fingerprint density at radius 2 is 2.15 bits per heavy atom. The van der Waals surface area contributed by atoms with Crippen LogP contribution in [0.25, 0.3) is 0 Å². The van der Waals surface area contributed by atoms with Crippen LogP contribution in [0.4, 0.5) is 5.95 Å². The molecule has 4 N–H and O–H groups in total. The molecule has 6 nitrogen and oxygen atoms in total. The number of nitrogen functional groups attached to an aromatic ring is 1. The van der Waals surface area contributed by atoms with E-state index in [2.05, 4.69) is 14.9 Å². The lowest BCUT2D eigenvalue weighted by Gasteiger charge is -2.28. The third kappa shape index (κ3) is 2.50. The van der Waals surface area contributed by atoms with Gasteiger partial charge in [-0.2, -0.15) is 0 Å². The summed E-state index contributed by atoms with van der Waals surface area (Å²) < 4.78 is 0. The van der Waals surface area contributed by atoms with E-state index in [9.17, 15) is 10.2 Å². The Kier molecular flexibility index (Phi) is 3.15. The SMILES string of the molecule is Nc1ncc2c(n1)CCN(Cc1cc(O)ccc1O)C2. The minimum absolute atomic E-state index is 0.159. The van der Waals surface area contributed by atoms with Crippen LogP contribution in [0.2, 0.25) is 0 Å². The topological polar surface area (TPSA) is 95.5 Å². The smallest absolute Gasteiger partial charge is 0.220 e. The van der Waals surface area contributed by atoms with Crippen LogP contribution in [-0.4, -0.2) is 31.6 Å². The van der Waals surface area contributed by atoms with Gasteiger partial charge in [0.05, 0.1) is 5.69 Å². The number of aromatic hydroxyl groups is 2. The van der Waals surface area contributed by atoms with Crippen molar-refractivity contribution >= 4 is 5.95 Å². The number of rotatable bonds is 2. The molecule has 0 radical (unpaired) electrons. The third-order valence-corrected chi connectivity index (χ3v) is 3.49. The van der Waals surface area contributed by atoms with Gasteiger partial charge in [0.1, 0.15) is 11.5 Å². The number of phenolic OH excluding ortho intramolecular Hbond substituents is 2. The molecule has 6 heteroatoms. The number of nitrogens with two attached hydrogens (primary N) is 1. The maximum Gasteiger partial charge on any atom is 0.220 e. The van der Waals surface area contributed by atoms with E-state index in [0.29, 0.717) is 24.6 Å². The molecule has 1 aromatic carbocycles. The molecule has 0 bridgehead atoms. The van der Waals surface area contributed by atoms with Crippen LogP contribution in [0.1, 0.15) is 16.8 Å². The number of hydrogen-bond donors (Lipinski definition) is 3. The van der Waals surface area contributed by atoms with Crippen LogP contribution in [0, 0.1) is 0 Å². The Morgan fingerprint density at radius 3 is 3.00 bits per heavy atom. The van der Waals surface area contributed by atoms with Gasteiger partial charge in [-0.3, -0.25) is 4.90 Å². The number of phenols is 2. The Labute approximate surface area is 116 Å². The first-order valence-corrected chi connectivity index (χ1v) is 6.45. The summed E-state index contributed by atoms with van der Waals surface area (Å²) in [5, 5.41) is 19.3. The minimum Gasteiger partial charge on any atom is -0.508 e. The van der Waals surface area contributed by atoms with E-state index in [1.807, 2.05) is 0 Å². The minimum atomic E-state index is 0.159. The van der Waals surface area contributed by atoms with Gasteiger partial charge in [0.15, 0.2) is 0 Å². The lowest BCUT2D eigenvalue weighted by molar-refractivity contribution is 0.239. The molecular formula is C14H16N4O2. The molecule has 0 spiro atoms. The average Bonchev–Trinajstić information content (AvgIpc) is 2.43. The molecule has 0 saturated heterocycles. The number of anilines is 1. The number of aromatic nitrogens is 2. The third-order valence-electron chi connectivity index (χ3n) is 3.49. The lowest BCUT2D eigenvalue weighted by Crippen LogP contribution is -2.31. The zero-order valence-electron chi connectivity index (χ0n) is 11.0. The Hall–Kier alpha value is -2.34. The van der Waals surface area contributed by atoms with Crippen molar-refractivity contribution < 1.29 is 10.2 Å². The zero-order valence-corrected chi connectivity index (χ0v) is 11.0. The van der Waals surface area contributed by atoms with Crippen molar-refractivity contribution in [2.45, 2.75) is 19.5 Å². The summed E-state index contributed by atoms with van der Waals surface area (Å²) in [5.41, 5.74) is 8.35. The van der Waals surface area contributed by atoms with Crippen molar-refractivity contribution in [3.63, 3.8) is 0 Å². The van der Waals surface area contributed by atoms with Gasteiger partial charge in [0.25, 0.3) is 0 Å². The molecule has 20 heavy (non-hydrogen) atoms. The highest BCUT2D eigenvalue weighted by Gasteiger charge is 2.19. The van der Waals surface area contributed by atoms with E-state index in [1.54, 1.807) is 12.3 Å². The van der Waals surface area contributed by atoms with Crippen LogP contribution in [0.15, 0.2) is 24.4 Å². The van der Waals surface area contributed by atoms with E-state index in [4.69, 9.17) is 5.73 Å². The highest BCUT2D eigenvalue weighted by atomic mass is 16.3. The Morgan fingerprint density at radius 1 is 1.30 bits per heavy atom. The van der Waals surface area contributed by atoms with Crippen molar-refractivity contribution in [2.24, 2.45) is 0 Å². The van der Waals surface area contributed by atoms with Gasteiger partial charge >= 0.3 is 0 Å². The molecule has 0 aliphatic carbocycles. The number of benzene rings is 1. The fourth-order valence-corrected chi connectivity index (χ4v) is 2.46.